The molecule has 0 fully saturated rings. The molecule has 0 radical (unpaired) electrons. The lowest BCUT2D eigenvalue weighted by Gasteiger charge is -2.04. The maximum absolute atomic E-state index is 11.4. The molecule has 0 spiro atoms. The summed E-state index contributed by atoms with van der Waals surface area (Å²) in [6.45, 7) is 5.00. The number of ketones is 2. The average Bonchev–Trinajstić information content (AvgIpc) is 3.78. The Morgan fingerprint density at radius 2 is 1.48 bits per heavy atom. The smallest absolute Gasteiger partial charge is 0.374 e. The van der Waals surface area contributed by atoms with Gasteiger partial charge in [-0.25, -0.2) is 24.4 Å². The Morgan fingerprint density at radius 3 is 1.98 bits per heavy atom. The van der Waals surface area contributed by atoms with Gasteiger partial charge in [0.1, 0.15) is 22.8 Å². The summed E-state index contributed by atoms with van der Waals surface area (Å²) in [5.41, 5.74) is 10.4. The van der Waals surface area contributed by atoms with E-state index in [1.54, 1.807) is 22.7 Å². The van der Waals surface area contributed by atoms with Crippen molar-refractivity contribution in [1.29, 1.82) is 0 Å². The Bertz CT molecular complexity index is 1710. The highest BCUT2D eigenvalue weighted by molar-refractivity contribution is 6.36. The summed E-state index contributed by atoms with van der Waals surface area (Å²) in [7, 11) is 3.81. The zero-order valence-electron chi connectivity index (χ0n) is 25.4. The minimum Gasteiger partial charge on any atom is -0.464 e. The molecule has 13 heteroatoms. The zero-order valence-corrected chi connectivity index (χ0v) is 25.4. The number of aromatic nitrogens is 4. The highest BCUT2D eigenvalue weighted by Crippen LogP contribution is 2.10. The van der Waals surface area contributed by atoms with E-state index < -0.39 is 17.7 Å². The summed E-state index contributed by atoms with van der Waals surface area (Å²) in [6, 6.07) is 10.8. The lowest BCUT2D eigenvalue weighted by molar-refractivity contribution is -0.152. The molecule has 4 aromatic rings. The first-order chi connectivity index (χ1) is 20.9. The van der Waals surface area contributed by atoms with Gasteiger partial charge in [0.05, 0.1) is 27.8 Å². The van der Waals surface area contributed by atoms with Crippen LogP contribution in [0.2, 0.25) is 0 Å². The molecule has 232 valence electrons. The quantitative estimate of drug-likeness (QED) is 0.153. The van der Waals surface area contributed by atoms with Gasteiger partial charge in [0.15, 0.2) is 5.69 Å². The first-order valence-electron chi connectivity index (χ1n) is 13.2. The number of methoxy groups -OCH3 is 3. The van der Waals surface area contributed by atoms with E-state index in [1.165, 1.54) is 21.1 Å². The van der Waals surface area contributed by atoms with Crippen LogP contribution in [0.5, 0.6) is 0 Å². The SMILES string of the molecule is COC(=O)C(=O)CC(C)=O.COC(=O)c1cc(C)n2cccc2n1.COC(=O)c1cc(C)nc2cccn12.NC1=CC=CC1. The maximum Gasteiger partial charge on any atom is 0.374 e. The van der Waals surface area contributed by atoms with E-state index in [0.29, 0.717) is 11.4 Å². The number of hydrogen-bond acceptors (Lipinski definition) is 11. The maximum atomic E-state index is 11.4. The van der Waals surface area contributed by atoms with E-state index in [1.807, 2.05) is 66.9 Å². The predicted octanol–water partition coefficient (Wildman–Crippen LogP) is 3.36. The molecule has 0 aromatic carbocycles. The Labute approximate surface area is 253 Å². The summed E-state index contributed by atoms with van der Waals surface area (Å²) in [6.07, 6.45) is 10.2. The first kappa shape index (κ1) is 34.6. The van der Waals surface area contributed by atoms with Crippen molar-refractivity contribution in [3.63, 3.8) is 0 Å². The summed E-state index contributed by atoms with van der Waals surface area (Å²) < 4.78 is 17.0. The molecule has 0 amide bonds. The van der Waals surface area contributed by atoms with Gasteiger partial charge in [-0.05, 0) is 63.2 Å². The number of fused-ring (bicyclic) bond motifs is 2. The molecular weight excluding hydrogens is 570 g/mol. The molecule has 0 atom stereocenters. The summed E-state index contributed by atoms with van der Waals surface area (Å²) in [4.78, 5) is 62.1. The third-order valence-electron chi connectivity index (χ3n) is 5.72. The number of esters is 3. The Balaban J connectivity index is 0.000000213. The second kappa shape index (κ2) is 16.8. The van der Waals surface area contributed by atoms with Crippen LogP contribution in [0.25, 0.3) is 11.3 Å². The van der Waals surface area contributed by atoms with E-state index in [4.69, 9.17) is 5.73 Å². The molecule has 2 N–H and O–H groups in total. The molecule has 1 aliphatic rings. The highest BCUT2D eigenvalue weighted by Gasteiger charge is 2.15. The molecular formula is C31H35N5O8. The number of carbonyl (C=O) groups excluding carboxylic acids is 5. The fourth-order valence-corrected chi connectivity index (χ4v) is 3.68. The number of rotatable bonds is 5. The van der Waals surface area contributed by atoms with Crippen molar-refractivity contribution < 1.29 is 38.2 Å². The van der Waals surface area contributed by atoms with Crippen LogP contribution in [0, 0.1) is 13.8 Å². The number of carbonyl (C=O) groups is 5. The van der Waals surface area contributed by atoms with Gasteiger partial charge in [-0.1, -0.05) is 12.2 Å². The second-order valence-corrected chi connectivity index (χ2v) is 9.19. The molecule has 0 bridgehead atoms. The Hall–Kier alpha value is -5.59. The number of ether oxygens (including phenoxy) is 3. The third-order valence-corrected chi connectivity index (χ3v) is 5.72. The molecule has 0 aliphatic heterocycles. The standard InChI is InChI=1S/2C10H10N2O2.C6H8O4.C5H7N/c1-7-6-8(10(13)14-2)11-9-4-3-5-12(7)9;1-7-6-8(10(13)14-2)12-5-3-4-9(12)11-7;1-4(7)3-5(8)6(9)10-2;6-5-3-1-2-4-5/h2*3-6H,1-2H3;3H2,1-2H3;1-3H,4,6H2. The van der Waals surface area contributed by atoms with Gasteiger partial charge in [-0.2, -0.15) is 0 Å². The summed E-state index contributed by atoms with van der Waals surface area (Å²) in [5.74, 6) is -2.85. The minimum atomic E-state index is -0.963. The van der Waals surface area contributed by atoms with E-state index >= 15 is 0 Å². The van der Waals surface area contributed by atoms with Crippen LogP contribution in [-0.2, 0) is 28.6 Å². The number of nitrogens with two attached hydrogens (primary N) is 1. The second-order valence-electron chi connectivity index (χ2n) is 9.19. The van der Waals surface area contributed by atoms with Crippen LogP contribution in [0.1, 0.15) is 52.1 Å². The van der Waals surface area contributed by atoms with Crippen LogP contribution >= 0.6 is 0 Å². The Kier molecular flexibility index (Phi) is 13.2. The van der Waals surface area contributed by atoms with Gasteiger partial charge in [0, 0.05) is 35.9 Å². The normalized spacial score (nSPS) is 11.1. The molecule has 0 saturated heterocycles. The zero-order chi connectivity index (χ0) is 32.8. The first-order valence-corrected chi connectivity index (χ1v) is 13.2. The molecule has 4 aromatic heterocycles. The average molecular weight is 606 g/mol. The molecule has 1 aliphatic carbocycles. The van der Waals surface area contributed by atoms with Crippen molar-refractivity contribution in [2.24, 2.45) is 5.73 Å². The molecule has 0 saturated carbocycles. The number of aryl methyl sites for hydroxylation is 2. The number of hydrogen-bond donors (Lipinski definition) is 1. The van der Waals surface area contributed by atoms with Gasteiger partial charge in [0.25, 0.3) is 0 Å². The predicted molar refractivity (Wildman–Crippen MR) is 161 cm³/mol. The van der Waals surface area contributed by atoms with Crippen molar-refractivity contribution in [1.82, 2.24) is 18.8 Å². The van der Waals surface area contributed by atoms with Gasteiger partial charge in [0.2, 0.25) is 5.78 Å². The van der Waals surface area contributed by atoms with Crippen molar-refractivity contribution in [3.05, 3.63) is 95.5 Å². The van der Waals surface area contributed by atoms with Crippen LogP contribution in [0.15, 0.2) is 72.7 Å². The largest absolute Gasteiger partial charge is 0.464 e. The lowest BCUT2D eigenvalue weighted by atomic mass is 10.2. The van der Waals surface area contributed by atoms with Crippen LogP contribution in [0.4, 0.5) is 0 Å². The van der Waals surface area contributed by atoms with Gasteiger partial charge >= 0.3 is 17.9 Å². The molecule has 4 heterocycles. The van der Waals surface area contributed by atoms with Crippen molar-refractivity contribution >= 4 is 40.8 Å². The summed E-state index contributed by atoms with van der Waals surface area (Å²) >= 11 is 0. The van der Waals surface area contributed by atoms with Gasteiger partial charge in [-0.15, -0.1) is 0 Å². The van der Waals surface area contributed by atoms with Gasteiger partial charge in [-0.3, -0.25) is 14.0 Å². The van der Waals surface area contributed by atoms with E-state index in [2.05, 4.69) is 24.2 Å². The number of Topliss-reactive ketones (excluding diaryl/α,β-unsaturated/α-hetero) is 2. The van der Waals surface area contributed by atoms with E-state index in [-0.39, 0.29) is 18.2 Å². The monoisotopic (exact) mass is 605 g/mol. The topological polar surface area (TPSA) is 174 Å². The highest BCUT2D eigenvalue weighted by atomic mass is 16.5. The van der Waals surface area contributed by atoms with Crippen LogP contribution in [-0.4, -0.2) is 69.6 Å². The van der Waals surface area contributed by atoms with Crippen LogP contribution < -0.4 is 5.73 Å². The number of nitrogens with zero attached hydrogens (tertiary/aromatic N) is 4. The number of allylic oxidation sites excluding steroid dienone is 3. The van der Waals surface area contributed by atoms with Crippen LogP contribution in [0.3, 0.4) is 0 Å². The summed E-state index contributed by atoms with van der Waals surface area (Å²) in [5, 5.41) is 0. The van der Waals surface area contributed by atoms with Crippen molar-refractivity contribution in [2.75, 3.05) is 21.3 Å². The van der Waals surface area contributed by atoms with E-state index in [0.717, 1.165) is 41.9 Å². The lowest BCUT2D eigenvalue weighted by Crippen LogP contribution is -2.17. The van der Waals surface area contributed by atoms with E-state index in [9.17, 15) is 24.0 Å². The van der Waals surface area contributed by atoms with Gasteiger partial charge < -0.3 is 24.3 Å². The fraction of sp³-hybridized carbons (Fsp3) is 0.258. The molecule has 5 rings (SSSR count). The Morgan fingerprint density at radius 1 is 0.864 bits per heavy atom. The van der Waals surface area contributed by atoms with Crippen molar-refractivity contribution in [3.8, 4) is 0 Å². The van der Waals surface area contributed by atoms with Crippen molar-refractivity contribution in [2.45, 2.75) is 33.6 Å². The third kappa shape index (κ3) is 10.0. The fourth-order valence-electron chi connectivity index (χ4n) is 3.68. The molecule has 13 nitrogen and oxygen atoms in total. The molecule has 44 heavy (non-hydrogen) atoms. The minimum absolute atomic E-state index is 0.338. The molecule has 0 unspecified atom stereocenters.